The summed E-state index contributed by atoms with van der Waals surface area (Å²) in [5.74, 6) is 1.32. The Morgan fingerprint density at radius 1 is 1.17 bits per heavy atom. The highest BCUT2D eigenvalue weighted by Gasteiger charge is 2.26. The average Bonchev–Trinajstić information content (AvgIpc) is 2.79. The smallest absolute Gasteiger partial charge is 0.222 e. The number of anilines is 2. The Labute approximate surface area is 142 Å². The fraction of sp³-hybridized carbons (Fsp3) is 0.444. The van der Waals surface area contributed by atoms with Crippen molar-refractivity contribution in [2.24, 2.45) is 0 Å². The fourth-order valence-electron chi connectivity index (χ4n) is 3.37. The Morgan fingerprint density at radius 3 is 2.78 bits per heavy atom. The van der Waals surface area contributed by atoms with E-state index in [1.807, 2.05) is 18.7 Å². The Bertz CT molecular complexity index is 654. The molecule has 122 valence electrons. The van der Waals surface area contributed by atoms with Gasteiger partial charge in [0.15, 0.2) is 0 Å². The zero-order chi connectivity index (χ0) is 16.2. The molecule has 4 nitrogen and oxygen atoms in total. The van der Waals surface area contributed by atoms with Gasteiger partial charge in [0.1, 0.15) is 5.82 Å². The van der Waals surface area contributed by atoms with Crippen molar-refractivity contribution in [1.29, 1.82) is 0 Å². The Morgan fingerprint density at radius 2 is 2.00 bits per heavy atom. The van der Waals surface area contributed by atoms with E-state index in [1.165, 1.54) is 29.7 Å². The van der Waals surface area contributed by atoms with E-state index < -0.39 is 0 Å². The maximum atomic E-state index is 5.89. The molecule has 1 fully saturated rings. The SMILES string of the molecule is CSc1ccccc1[C@H]1CCCCCN1c1cc(C)nc(N)n1. The van der Waals surface area contributed by atoms with E-state index in [-0.39, 0.29) is 0 Å². The third-order valence-corrected chi connectivity index (χ3v) is 5.21. The third-order valence-electron chi connectivity index (χ3n) is 4.40. The first kappa shape index (κ1) is 16.1. The molecule has 1 aliphatic rings. The normalized spacial score (nSPS) is 18.7. The third kappa shape index (κ3) is 3.61. The number of thioether (sulfide) groups is 1. The van der Waals surface area contributed by atoms with Crippen LogP contribution in [0.3, 0.4) is 0 Å². The number of aromatic nitrogens is 2. The van der Waals surface area contributed by atoms with Gasteiger partial charge in [-0.3, -0.25) is 0 Å². The molecule has 1 aliphatic heterocycles. The maximum Gasteiger partial charge on any atom is 0.222 e. The highest BCUT2D eigenvalue weighted by Crippen LogP contribution is 2.37. The molecule has 3 rings (SSSR count). The first-order valence-electron chi connectivity index (χ1n) is 8.20. The van der Waals surface area contributed by atoms with Crippen LogP contribution in [-0.2, 0) is 0 Å². The van der Waals surface area contributed by atoms with Crippen LogP contribution >= 0.6 is 11.8 Å². The van der Waals surface area contributed by atoms with Crippen molar-refractivity contribution in [1.82, 2.24) is 9.97 Å². The fourth-order valence-corrected chi connectivity index (χ4v) is 4.02. The molecule has 0 amide bonds. The van der Waals surface area contributed by atoms with Gasteiger partial charge in [-0.2, -0.15) is 4.98 Å². The standard InChI is InChI=1S/C18H24N4S/c1-13-12-17(21-18(19)20-13)22-11-7-3-4-9-15(22)14-8-5-6-10-16(14)23-2/h5-6,8,10,12,15H,3-4,7,9,11H2,1-2H3,(H2,19,20,21)/t15-/m1/s1. The van der Waals surface area contributed by atoms with Gasteiger partial charge in [0.2, 0.25) is 5.95 Å². The topological polar surface area (TPSA) is 55.0 Å². The van der Waals surface area contributed by atoms with Crippen molar-refractivity contribution < 1.29 is 0 Å². The van der Waals surface area contributed by atoms with Crippen molar-refractivity contribution in [3.05, 3.63) is 41.6 Å². The van der Waals surface area contributed by atoms with Crippen LogP contribution in [0.5, 0.6) is 0 Å². The number of nitrogens with zero attached hydrogens (tertiary/aromatic N) is 3. The van der Waals surface area contributed by atoms with Gasteiger partial charge in [-0.1, -0.05) is 31.0 Å². The average molecular weight is 328 g/mol. The minimum Gasteiger partial charge on any atom is -0.368 e. The van der Waals surface area contributed by atoms with E-state index in [0.29, 0.717) is 12.0 Å². The second-order valence-electron chi connectivity index (χ2n) is 6.03. The van der Waals surface area contributed by atoms with E-state index in [0.717, 1.165) is 24.5 Å². The maximum absolute atomic E-state index is 5.89. The number of nitrogens with two attached hydrogens (primary N) is 1. The summed E-state index contributed by atoms with van der Waals surface area (Å²) in [4.78, 5) is 12.5. The van der Waals surface area contributed by atoms with Crippen LogP contribution in [0.2, 0.25) is 0 Å². The lowest BCUT2D eigenvalue weighted by Crippen LogP contribution is -2.30. The van der Waals surface area contributed by atoms with Crippen LogP contribution in [0.25, 0.3) is 0 Å². The lowest BCUT2D eigenvalue weighted by molar-refractivity contribution is 0.588. The number of aryl methyl sites for hydroxylation is 1. The van der Waals surface area contributed by atoms with Crippen molar-refractivity contribution >= 4 is 23.5 Å². The summed E-state index contributed by atoms with van der Waals surface area (Å²) >= 11 is 1.82. The molecule has 0 saturated carbocycles. The minimum absolute atomic E-state index is 0.356. The Balaban J connectivity index is 2.03. The second kappa shape index (κ2) is 7.21. The van der Waals surface area contributed by atoms with Gasteiger partial charge in [0, 0.05) is 23.2 Å². The first-order valence-corrected chi connectivity index (χ1v) is 9.42. The molecule has 5 heteroatoms. The Hall–Kier alpha value is -1.75. The van der Waals surface area contributed by atoms with Crippen molar-refractivity contribution in [3.63, 3.8) is 0 Å². The molecular weight excluding hydrogens is 304 g/mol. The van der Waals surface area contributed by atoms with Gasteiger partial charge >= 0.3 is 0 Å². The molecular formula is C18H24N4S. The lowest BCUT2D eigenvalue weighted by atomic mass is 10.0. The highest BCUT2D eigenvalue weighted by atomic mass is 32.2. The summed E-state index contributed by atoms with van der Waals surface area (Å²) in [6.07, 6.45) is 7.02. The Kier molecular flexibility index (Phi) is 5.06. The summed E-state index contributed by atoms with van der Waals surface area (Å²) < 4.78 is 0. The summed E-state index contributed by atoms with van der Waals surface area (Å²) in [5, 5.41) is 0. The molecule has 0 spiro atoms. The lowest BCUT2D eigenvalue weighted by Gasteiger charge is -2.32. The first-order chi connectivity index (χ1) is 11.2. The summed E-state index contributed by atoms with van der Waals surface area (Å²) in [6, 6.07) is 11.1. The van der Waals surface area contributed by atoms with Crippen LogP contribution in [0.15, 0.2) is 35.2 Å². The number of hydrogen-bond acceptors (Lipinski definition) is 5. The molecule has 1 aromatic heterocycles. The van der Waals surface area contributed by atoms with Gasteiger partial charge in [0.05, 0.1) is 6.04 Å². The van der Waals surface area contributed by atoms with Crippen LogP contribution in [0.1, 0.15) is 43.0 Å². The molecule has 2 heterocycles. The second-order valence-corrected chi connectivity index (χ2v) is 6.87. The molecule has 23 heavy (non-hydrogen) atoms. The molecule has 0 aliphatic carbocycles. The molecule has 1 atom stereocenters. The number of rotatable bonds is 3. The minimum atomic E-state index is 0.356. The molecule has 0 radical (unpaired) electrons. The summed E-state index contributed by atoms with van der Waals surface area (Å²) in [7, 11) is 0. The van der Waals surface area contributed by atoms with E-state index >= 15 is 0 Å². The highest BCUT2D eigenvalue weighted by molar-refractivity contribution is 7.98. The van der Waals surface area contributed by atoms with Gasteiger partial charge in [0.25, 0.3) is 0 Å². The van der Waals surface area contributed by atoms with E-state index in [9.17, 15) is 0 Å². The molecule has 1 aromatic carbocycles. The zero-order valence-corrected chi connectivity index (χ0v) is 14.6. The predicted octanol–water partition coefficient (Wildman–Crippen LogP) is 4.21. The van der Waals surface area contributed by atoms with Crippen LogP contribution in [0.4, 0.5) is 11.8 Å². The van der Waals surface area contributed by atoms with Crippen LogP contribution in [-0.4, -0.2) is 22.8 Å². The van der Waals surface area contributed by atoms with E-state index in [2.05, 4.69) is 51.5 Å². The molecule has 0 unspecified atom stereocenters. The zero-order valence-electron chi connectivity index (χ0n) is 13.8. The van der Waals surface area contributed by atoms with E-state index in [4.69, 9.17) is 5.73 Å². The van der Waals surface area contributed by atoms with Gasteiger partial charge in [-0.25, -0.2) is 4.98 Å². The predicted molar refractivity (Wildman–Crippen MR) is 98.0 cm³/mol. The molecule has 2 aromatic rings. The molecule has 1 saturated heterocycles. The summed E-state index contributed by atoms with van der Waals surface area (Å²) in [5.41, 5.74) is 8.22. The van der Waals surface area contributed by atoms with Crippen LogP contribution < -0.4 is 10.6 Å². The molecule has 0 bridgehead atoms. The van der Waals surface area contributed by atoms with Gasteiger partial charge < -0.3 is 10.6 Å². The number of hydrogen-bond donors (Lipinski definition) is 1. The summed E-state index contributed by atoms with van der Waals surface area (Å²) in [6.45, 7) is 2.99. The van der Waals surface area contributed by atoms with E-state index in [1.54, 1.807) is 0 Å². The number of benzene rings is 1. The van der Waals surface area contributed by atoms with Crippen LogP contribution in [0, 0.1) is 6.92 Å². The monoisotopic (exact) mass is 328 g/mol. The van der Waals surface area contributed by atoms with Gasteiger partial charge in [-0.05, 0) is 37.7 Å². The quantitative estimate of drug-likeness (QED) is 0.855. The van der Waals surface area contributed by atoms with Crippen molar-refractivity contribution in [3.8, 4) is 0 Å². The van der Waals surface area contributed by atoms with Crippen molar-refractivity contribution in [2.75, 3.05) is 23.4 Å². The van der Waals surface area contributed by atoms with Gasteiger partial charge in [-0.15, -0.1) is 11.8 Å². The number of nitrogen functional groups attached to an aromatic ring is 1. The largest absolute Gasteiger partial charge is 0.368 e. The van der Waals surface area contributed by atoms with Crippen molar-refractivity contribution in [2.45, 2.75) is 43.5 Å². The molecule has 2 N–H and O–H groups in total.